The fourth-order valence-electron chi connectivity index (χ4n) is 2.40. The van der Waals surface area contributed by atoms with Crippen molar-refractivity contribution in [3.8, 4) is 0 Å². The average Bonchev–Trinajstić information content (AvgIpc) is 2.43. The second-order valence-electron chi connectivity index (χ2n) is 5.10. The quantitative estimate of drug-likeness (QED) is 0.527. The number of aliphatic carboxylic acids is 2. The van der Waals surface area contributed by atoms with Gasteiger partial charge in [-0.2, -0.15) is 0 Å². The molecule has 22 heavy (non-hydrogen) atoms. The van der Waals surface area contributed by atoms with E-state index in [9.17, 15) is 29.4 Å². The molecular formula is C13H14N2O6S-2. The van der Waals surface area contributed by atoms with Gasteiger partial charge in [-0.15, -0.1) is 11.8 Å². The minimum Gasteiger partial charge on any atom is -0.550 e. The summed E-state index contributed by atoms with van der Waals surface area (Å²) in [7, 11) is 0. The second-order valence-corrected chi connectivity index (χ2v) is 6.20. The molecule has 0 aromatic rings. The molecule has 2 amide bonds. The maximum atomic E-state index is 12.0. The standard InChI is InChI=1S/C13H16N2O6S/c1-6-5-22-12-9(11(19)15(12)10(6)13(20)21)14-7(16)3-2-4-8(17)18/h9,12H,2-5H2,1H3,(H,14,16)(H,17,18)(H,20,21)/p-2/t9-,12-/m0/s1. The van der Waals surface area contributed by atoms with Gasteiger partial charge in [-0.05, 0) is 25.3 Å². The van der Waals surface area contributed by atoms with Gasteiger partial charge in [0, 0.05) is 18.1 Å². The highest BCUT2D eigenvalue weighted by Gasteiger charge is 2.52. The van der Waals surface area contributed by atoms with E-state index in [4.69, 9.17) is 0 Å². The number of carbonyl (C=O) groups excluding carboxylic acids is 4. The third-order valence-electron chi connectivity index (χ3n) is 3.45. The molecule has 2 atom stereocenters. The molecule has 0 spiro atoms. The van der Waals surface area contributed by atoms with Gasteiger partial charge in [-0.1, -0.05) is 0 Å². The summed E-state index contributed by atoms with van der Waals surface area (Å²) < 4.78 is 0. The number of β-lactam (4-membered cyclic amide) rings is 1. The molecular weight excluding hydrogens is 312 g/mol. The van der Waals surface area contributed by atoms with Gasteiger partial charge in [0.2, 0.25) is 5.91 Å². The molecule has 2 heterocycles. The summed E-state index contributed by atoms with van der Waals surface area (Å²) >= 11 is 1.36. The van der Waals surface area contributed by atoms with Gasteiger partial charge in [-0.3, -0.25) is 14.5 Å². The Morgan fingerprint density at radius 3 is 2.59 bits per heavy atom. The summed E-state index contributed by atoms with van der Waals surface area (Å²) in [6.07, 6.45) is -0.135. The van der Waals surface area contributed by atoms with Crippen molar-refractivity contribution in [2.75, 3.05) is 5.75 Å². The number of hydrogen-bond acceptors (Lipinski definition) is 7. The number of nitrogens with one attached hydrogen (secondary N) is 1. The topological polar surface area (TPSA) is 130 Å². The van der Waals surface area contributed by atoms with E-state index in [-0.39, 0.29) is 25.0 Å². The first kappa shape index (κ1) is 16.3. The van der Waals surface area contributed by atoms with E-state index in [1.165, 1.54) is 11.8 Å². The van der Waals surface area contributed by atoms with Crippen molar-refractivity contribution in [3.63, 3.8) is 0 Å². The van der Waals surface area contributed by atoms with Crippen molar-refractivity contribution >= 4 is 35.5 Å². The Bertz CT molecular complexity index is 573. The maximum absolute atomic E-state index is 12.0. The van der Waals surface area contributed by atoms with E-state index in [0.717, 1.165) is 4.90 Å². The van der Waals surface area contributed by atoms with Gasteiger partial charge in [0.05, 0.1) is 11.7 Å². The second kappa shape index (κ2) is 6.39. The van der Waals surface area contributed by atoms with E-state index in [1.54, 1.807) is 6.92 Å². The summed E-state index contributed by atoms with van der Waals surface area (Å²) in [6, 6.07) is -0.789. The number of carboxylic acid groups (broad SMARTS) is 2. The van der Waals surface area contributed by atoms with Crippen LogP contribution in [0.15, 0.2) is 11.3 Å². The number of fused-ring (bicyclic) bond motifs is 1. The Balaban J connectivity index is 1.94. The molecule has 0 aromatic heterocycles. The lowest BCUT2D eigenvalue weighted by atomic mass is 10.0. The molecule has 0 aromatic carbocycles. The number of amides is 2. The highest BCUT2D eigenvalue weighted by Crippen LogP contribution is 2.39. The molecule has 0 aliphatic carbocycles. The first-order valence-corrected chi connectivity index (χ1v) is 7.72. The van der Waals surface area contributed by atoms with Crippen LogP contribution in [0.4, 0.5) is 0 Å². The van der Waals surface area contributed by atoms with Crippen LogP contribution in [0.1, 0.15) is 26.2 Å². The fraction of sp³-hybridized carbons (Fsp3) is 0.538. The summed E-state index contributed by atoms with van der Waals surface area (Å²) in [5, 5.41) is 23.4. The molecule has 1 fully saturated rings. The zero-order valence-corrected chi connectivity index (χ0v) is 12.6. The molecule has 0 radical (unpaired) electrons. The minimum atomic E-state index is -1.41. The number of carboxylic acids is 2. The molecule has 120 valence electrons. The van der Waals surface area contributed by atoms with Crippen molar-refractivity contribution in [1.82, 2.24) is 10.2 Å². The molecule has 0 unspecified atom stereocenters. The Morgan fingerprint density at radius 1 is 1.32 bits per heavy atom. The van der Waals surface area contributed by atoms with Crippen molar-refractivity contribution in [3.05, 3.63) is 11.3 Å². The number of thioether (sulfide) groups is 1. The van der Waals surface area contributed by atoms with Crippen molar-refractivity contribution in [2.45, 2.75) is 37.6 Å². The predicted octanol–water partition coefficient (Wildman–Crippen LogP) is -2.67. The number of rotatable bonds is 6. The highest BCUT2D eigenvalue weighted by molar-refractivity contribution is 8.00. The first-order valence-electron chi connectivity index (χ1n) is 6.68. The lowest BCUT2D eigenvalue weighted by Crippen LogP contribution is -2.71. The lowest BCUT2D eigenvalue weighted by molar-refractivity contribution is -0.306. The number of nitrogens with zero attached hydrogens (tertiary/aromatic N) is 1. The van der Waals surface area contributed by atoms with Crippen LogP contribution in [-0.2, 0) is 19.2 Å². The van der Waals surface area contributed by atoms with Gasteiger partial charge in [0.25, 0.3) is 5.91 Å². The SMILES string of the molecule is CC1=C(C(=O)[O-])N2C(=O)[C@H](NC(=O)CCCC(=O)[O-])[C@@H]2SC1. The van der Waals surface area contributed by atoms with Crippen LogP contribution >= 0.6 is 11.8 Å². The van der Waals surface area contributed by atoms with Crippen LogP contribution in [0.25, 0.3) is 0 Å². The Morgan fingerprint density at radius 2 is 2.00 bits per heavy atom. The number of hydrogen-bond donors (Lipinski definition) is 1. The zero-order chi connectivity index (χ0) is 16.4. The number of carbonyl (C=O) groups is 4. The van der Waals surface area contributed by atoms with Crippen molar-refractivity contribution in [1.29, 1.82) is 0 Å². The summed E-state index contributed by atoms with van der Waals surface area (Å²) in [6.45, 7) is 1.62. The zero-order valence-electron chi connectivity index (χ0n) is 11.8. The molecule has 0 bridgehead atoms. The monoisotopic (exact) mass is 326 g/mol. The first-order chi connectivity index (χ1) is 10.3. The molecule has 8 nitrogen and oxygen atoms in total. The molecule has 1 N–H and O–H groups in total. The van der Waals surface area contributed by atoms with Crippen LogP contribution in [0, 0.1) is 0 Å². The van der Waals surface area contributed by atoms with Gasteiger partial charge in [0.1, 0.15) is 11.4 Å². The molecule has 0 saturated carbocycles. The van der Waals surface area contributed by atoms with Gasteiger partial charge in [-0.25, -0.2) is 0 Å². The Kier molecular flexibility index (Phi) is 4.74. The van der Waals surface area contributed by atoms with Crippen molar-refractivity contribution in [2.24, 2.45) is 0 Å². The van der Waals surface area contributed by atoms with E-state index in [2.05, 4.69) is 5.32 Å². The summed E-state index contributed by atoms with van der Waals surface area (Å²) in [5.74, 6) is -3.14. The molecule has 2 rings (SSSR count). The Hall–Kier alpha value is -2.03. The predicted molar refractivity (Wildman–Crippen MR) is 71.6 cm³/mol. The summed E-state index contributed by atoms with van der Waals surface area (Å²) in [4.78, 5) is 46.2. The van der Waals surface area contributed by atoms with Crippen LogP contribution in [0.3, 0.4) is 0 Å². The normalized spacial score (nSPS) is 23.7. The van der Waals surface area contributed by atoms with Crippen LogP contribution in [-0.4, -0.2) is 45.8 Å². The van der Waals surface area contributed by atoms with Crippen LogP contribution in [0.5, 0.6) is 0 Å². The molecule has 2 aliphatic heterocycles. The maximum Gasteiger partial charge on any atom is 0.253 e. The largest absolute Gasteiger partial charge is 0.550 e. The summed E-state index contributed by atoms with van der Waals surface area (Å²) in [5.41, 5.74) is 0.421. The van der Waals surface area contributed by atoms with Crippen molar-refractivity contribution < 1.29 is 29.4 Å². The van der Waals surface area contributed by atoms with Crippen LogP contribution in [0.2, 0.25) is 0 Å². The molecule has 9 heteroatoms. The highest BCUT2D eigenvalue weighted by atomic mass is 32.2. The van der Waals surface area contributed by atoms with Gasteiger partial charge >= 0.3 is 0 Å². The third kappa shape index (κ3) is 3.08. The fourth-order valence-corrected chi connectivity index (χ4v) is 3.69. The molecule has 1 saturated heterocycles. The molecule has 2 aliphatic rings. The lowest BCUT2D eigenvalue weighted by Gasteiger charge is -2.50. The van der Waals surface area contributed by atoms with E-state index in [0.29, 0.717) is 11.3 Å². The van der Waals surface area contributed by atoms with Gasteiger partial charge < -0.3 is 25.1 Å². The van der Waals surface area contributed by atoms with E-state index in [1.807, 2.05) is 0 Å². The smallest absolute Gasteiger partial charge is 0.253 e. The van der Waals surface area contributed by atoms with E-state index >= 15 is 0 Å². The Labute approximate surface area is 130 Å². The average molecular weight is 326 g/mol. The van der Waals surface area contributed by atoms with Crippen LogP contribution < -0.4 is 15.5 Å². The minimum absolute atomic E-state index is 0.0304. The van der Waals surface area contributed by atoms with E-state index < -0.39 is 35.2 Å². The van der Waals surface area contributed by atoms with Gasteiger partial charge in [0.15, 0.2) is 0 Å². The third-order valence-corrected chi connectivity index (χ3v) is 4.88.